The average molecular weight is 301 g/mol. The largest absolute Gasteiger partial charge is 0.380 e. The Morgan fingerprint density at radius 2 is 1.80 bits per heavy atom. The molecule has 5 nitrogen and oxygen atoms in total. The quantitative estimate of drug-likeness (QED) is 0.599. The Balaban J connectivity index is 2.52. The molecule has 0 spiro atoms. The Hall–Kier alpha value is -0.690. The number of thiazole rings is 1. The molecule has 0 unspecified atom stereocenters. The van der Waals surface area contributed by atoms with E-state index in [1.54, 1.807) is 11.3 Å². The Kier molecular flexibility index (Phi) is 9.57. The highest BCUT2D eigenvalue weighted by Crippen LogP contribution is 2.20. The molecule has 116 valence electrons. The van der Waals surface area contributed by atoms with Gasteiger partial charge in [-0.1, -0.05) is 6.92 Å². The van der Waals surface area contributed by atoms with Crippen LogP contribution in [0.4, 0.5) is 5.13 Å². The molecule has 0 aliphatic rings. The van der Waals surface area contributed by atoms with Gasteiger partial charge < -0.3 is 19.7 Å². The van der Waals surface area contributed by atoms with Gasteiger partial charge in [0.05, 0.1) is 18.9 Å². The van der Waals surface area contributed by atoms with Gasteiger partial charge in [0, 0.05) is 38.2 Å². The highest BCUT2D eigenvalue weighted by atomic mass is 32.1. The molecular formula is C14H27N3O2S. The summed E-state index contributed by atoms with van der Waals surface area (Å²) in [6, 6.07) is 0. The first-order chi connectivity index (χ1) is 9.81. The predicted octanol–water partition coefficient (Wildman–Crippen LogP) is 2.13. The molecule has 0 saturated heterocycles. The molecule has 0 aromatic carbocycles. The number of ether oxygens (including phenoxy) is 2. The molecule has 0 saturated carbocycles. The van der Waals surface area contributed by atoms with Crippen molar-refractivity contribution >= 4 is 16.5 Å². The number of anilines is 1. The Bertz CT molecular complexity index is 337. The normalized spacial score (nSPS) is 10.9. The van der Waals surface area contributed by atoms with Gasteiger partial charge in [-0.05, 0) is 20.4 Å². The van der Waals surface area contributed by atoms with Crippen LogP contribution in [0.3, 0.4) is 0 Å². The summed E-state index contributed by atoms with van der Waals surface area (Å²) in [4.78, 5) is 6.92. The molecule has 1 aromatic rings. The molecule has 0 amide bonds. The maximum Gasteiger partial charge on any atom is 0.185 e. The lowest BCUT2D eigenvalue weighted by Gasteiger charge is -2.21. The van der Waals surface area contributed by atoms with Gasteiger partial charge in [-0.2, -0.15) is 0 Å². The average Bonchev–Trinajstić information content (AvgIpc) is 2.92. The number of rotatable bonds is 12. The second-order valence-corrected chi connectivity index (χ2v) is 5.12. The number of nitrogens with one attached hydrogen (secondary N) is 1. The van der Waals surface area contributed by atoms with Gasteiger partial charge in [-0.25, -0.2) is 4.98 Å². The molecule has 0 aliphatic heterocycles. The molecule has 0 fully saturated rings. The maximum absolute atomic E-state index is 5.45. The first kappa shape index (κ1) is 17.4. The number of nitrogens with zero attached hydrogens (tertiary/aromatic N) is 2. The zero-order chi connectivity index (χ0) is 14.6. The minimum absolute atomic E-state index is 0.727. The van der Waals surface area contributed by atoms with E-state index < -0.39 is 0 Å². The van der Waals surface area contributed by atoms with E-state index in [0.717, 1.165) is 63.4 Å². The predicted molar refractivity (Wildman–Crippen MR) is 84.7 cm³/mol. The van der Waals surface area contributed by atoms with E-state index in [1.165, 1.54) is 0 Å². The van der Waals surface area contributed by atoms with E-state index in [2.05, 4.69) is 27.5 Å². The summed E-state index contributed by atoms with van der Waals surface area (Å²) in [5, 5.41) is 6.47. The summed E-state index contributed by atoms with van der Waals surface area (Å²) in [5.41, 5.74) is 1.10. The fourth-order valence-corrected chi connectivity index (χ4v) is 2.60. The van der Waals surface area contributed by atoms with Crippen molar-refractivity contribution in [1.29, 1.82) is 0 Å². The lowest BCUT2D eigenvalue weighted by atomic mass is 10.5. The number of hydrogen-bond donors (Lipinski definition) is 1. The van der Waals surface area contributed by atoms with Crippen molar-refractivity contribution in [2.45, 2.75) is 27.3 Å². The number of aromatic nitrogens is 1. The van der Waals surface area contributed by atoms with E-state index in [0.29, 0.717) is 0 Å². The van der Waals surface area contributed by atoms with E-state index in [4.69, 9.17) is 9.47 Å². The molecule has 1 N–H and O–H groups in total. The molecule has 1 heterocycles. The first-order valence-corrected chi connectivity index (χ1v) is 8.25. The van der Waals surface area contributed by atoms with E-state index in [-0.39, 0.29) is 0 Å². The topological polar surface area (TPSA) is 46.6 Å². The Labute approximate surface area is 126 Å². The molecular weight excluding hydrogens is 274 g/mol. The third-order valence-electron chi connectivity index (χ3n) is 2.79. The van der Waals surface area contributed by atoms with Crippen LogP contribution in [0, 0.1) is 0 Å². The molecule has 0 aliphatic carbocycles. The summed E-state index contributed by atoms with van der Waals surface area (Å²) in [6.45, 7) is 12.6. The van der Waals surface area contributed by atoms with E-state index >= 15 is 0 Å². The highest BCUT2D eigenvalue weighted by molar-refractivity contribution is 7.13. The first-order valence-electron chi connectivity index (χ1n) is 7.37. The third-order valence-corrected chi connectivity index (χ3v) is 3.74. The fraction of sp³-hybridized carbons (Fsp3) is 0.786. The maximum atomic E-state index is 5.45. The van der Waals surface area contributed by atoms with Crippen LogP contribution in [0.2, 0.25) is 0 Å². The Morgan fingerprint density at radius 1 is 1.15 bits per heavy atom. The van der Waals surface area contributed by atoms with Crippen molar-refractivity contribution < 1.29 is 9.47 Å². The summed E-state index contributed by atoms with van der Waals surface area (Å²) < 4.78 is 10.9. The second-order valence-electron chi connectivity index (χ2n) is 4.28. The van der Waals surface area contributed by atoms with Gasteiger partial charge in [-0.3, -0.25) is 0 Å². The van der Waals surface area contributed by atoms with Crippen molar-refractivity contribution in [3.05, 3.63) is 11.1 Å². The molecule has 1 rings (SSSR count). The lowest BCUT2D eigenvalue weighted by molar-refractivity contribution is 0.141. The van der Waals surface area contributed by atoms with Crippen LogP contribution in [0.25, 0.3) is 0 Å². The lowest BCUT2D eigenvalue weighted by Crippen LogP contribution is -2.31. The van der Waals surface area contributed by atoms with Crippen LogP contribution in [0.15, 0.2) is 5.38 Å². The fourth-order valence-electron chi connectivity index (χ4n) is 1.72. The molecule has 0 radical (unpaired) electrons. The van der Waals surface area contributed by atoms with E-state index in [1.807, 2.05) is 13.8 Å². The standard InChI is InChI=1S/C14H27N3O2S/c1-4-15-11-13-12-20-14(16-13)17(7-9-18-5-2)8-10-19-6-3/h12,15H,4-11H2,1-3H3. The minimum Gasteiger partial charge on any atom is -0.380 e. The molecule has 1 aromatic heterocycles. The number of hydrogen-bond acceptors (Lipinski definition) is 6. The summed E-state index contributed by atoms with van der Waals surface area (Å²) >= 11 is 1.69. The summed E-state index contributed by atoms with van der Waals surface area (Å²) in [7, 11) is 0. The minimum atomic E-state index is 0.727. The molecule has 20 heavy (non-hydrogen) atoms. The van der Waals surface area contributed by atoms with Crippen LogP contribution in [0.5, 0.6) is 0 Å². The molecule has 6 heteroatoms. The van der Waals surface area contributed by atoms with Gasteiger partial charge in [0.2, 0.25) is 0 Å². The van der Waals surface area contributed by atoms with Crippen molar-refractivity contribution in [1.82, 2.24) is 10.3 Å². The second kappa shape index (κ2) is 11.0. The van der Waals surface area contributed by atoms with Crippen molar-refractivity contribution in [3.63, 3.8) is 0 Å². The van der Waals surface area contributed by atoms with Crippen molar-refractivity contribution in [2.24, 2.45) is 0 Å². The van der Waals surface area contributed by atoms with Gasteiger partial charge in [0.1, 0.15) is 0 Å². The van der Waals surface area contributed by atoms with Crippen LogP contribution < -0.4 is 10.2 Å². The Morgan fingerprint density at radius 3 is 2.35 bits per heavy atom. The van der Waals surface area contributed by atoms with Gasteiger partial charge >= 0.3 is 0 Å². The highest BCUT2D eigenvalue weighted by Gasteiger charge is 2.11. The van der Waals surface area contributed by atoms with E-state index in [9.17, 15) is 0 Å². The molecule has 0 bridgehead atoms. The summed E-state index contributed by atoms with van der Waals surface area (Å²) in [6.07, 6.45) is 0. The van der Waals surface area contributed by atoms with Crippen molar-refractivity contribution in [2.75, 3.05) is 51.0 Å². The monoisotopic (exact) mass is 301 g/mol. The van der Waals surface area contributed by atoms with Gasteiger partial charge in [-0.15, -0.1) is 11.3 Å². The van der Waals surface area contributed by atoms with Crippen molar-refractivity contribution in [3.8, 4) is 0 Å². The zero-order valence-electron chi connectivity index (χ0n) is 12.9. The summed E-state index contributed by atoms with van der Waals surface area (Å²) in [5.74, 6) is 0. The van der Waals surface area contributed by atoms with Crippen LogP contribution in [-0.2, 0) is 16.0 Å². The van der Waals surface area contributed by atoms with Crippen LogP contribution >= 0.6 is 11.3 Å². The smallest absolute Gasteiger partial charge is 0.185 e. The SMILES string of the molecule is CCNCc1csc(N(CCOCC)CCOCC)n1. The van der Waals surface area contributed by atoms with Crippen LogP contribution in [0.1, 0.15) is 26.5 Å². The van der Waals surface area contributed by atoms with Crippen LogP contribution in [-0.4, -0.2) is 51.0 Å². The zero-order valence-corrected chi connectivity index (χ0v) is 13.7. The van der Waals surface area contributed by atoms with Gasteiger partial charge in [0.25, 0.3) is 0 Å². The molecule has 0 atom stereocenters. The van der Waals surface area contributed by atoms with Gasteiger partial charge in [0.15, 0.2) is 5.13 Å². The third kappa shape index (κ3) is 6.65.